The molecule has 1 saturated heterocycles. The zero-order valence-corrected chi connectivity index (χ0v) is 16.8. The second-order valence-electron chi connectivity index (χ2n) is 8.40. The van der Waals surface area contributed by atoms with Crippen LogP contribution in [0.4, 0.5) is 0 Å². The van der Waals surface area contributed by atoms with Crippen LogP contribution in [-0.4, -0.2) is 41.7 Å². The fourth-order valence-corrected chi connectivity index (χ4v) is 4.32. The van der Waals surface area contributed by atoms with Gasteiger partial charge in [0.25, 0.3) is 0 Å². The first kappa shape index (κ1) is 19.9. The highest BCUT2D eigenvalue weighted by molar-refractivity contribution is 5.85. The Morgan fingerprint density at radius 3 is 2.48 bits per heavy atom. The third kappa shape index (κ3) is 5.78. The van der Waals surface area contributed by atoms with E-state index in [2.05, 4.69) is 52.7 Å². The molecule has 0 aromatic heterocycles. The molecule has 1 aliphatic carbocycles. The van der Waals surface area contributed by atoms with Crippen LogP contribution in [-0.2, 0) is 11.3 Å². The van der Waals surface area contributed by atoms with E-state index < -0.39 is 5.97 Å². The number of piperidine rings is 1. The van der Waals surface area contributed by atoms with E-state index in [9.17, 15) is 4.79 Å². The third-order valence-electron chi connectivity index (χ3n) is 6.20. The molecule has 1 saturated carbocycles. The monoisotopic (exact) mass is 390 g/mol. The molecule has 0 spiro atoms. The van der Waals surface area contributed by atoms with Gasteiger partial charge in [0.15, 0.2) is 0 Å². The number of benzene rings is 2. The van der Waals surface area contributed by atoms with Gasteiger partial charge in [-0.2, -0.15) is 0 Å². The Hall–Kier alpha value is -2.43. The molecular weight excluding hydrogens is 360 g/mol. The summed E-state index contributed by atoms with van der Waals surface area (Å²) < 4.78 is 0. The minimum atomic E-state index is -0.913. The topological polar surface area (TPSA) is 52.6 Å². The van der Waals surface area contributed by atoms with E-state index in [1.807, 2.05) is 12.1 Å². The van der Waals surface area contributed by atoms with Gasteiger partial charge in [0, 0.05) is 24.6 Å². The number of nitrogens with zero attached hydrogens (tertiary/aromatic N) is 1. The number of carboxylic acids is 1. The van der Waals surface area contributed by atoms with Gasteiger partial charge < -0.3 is 10.4 Å². The smallest absolute Gasteiger partial charge is 0.328 e. The number of carboxylic acid groups (broad SMARTS) is 1. The molecule has 2 aliphatic rings. The predicted molar refractivity (Wildman–Crippen MR) is 117 cm³/mol. The number of aliphatic carboxylic acids is 1. The molecule has 4 rings (SSSR count). The van der Waals surface area contributed by atoms with E-state index in [0.29, 0.717) is 12.0 Å². The van der Waals surface area contributed by atoms with Crippen molar-refractivity contribution in [2.75, 3.05) is 19.6 Å². The molecule has 4 heteroatoms. The summed E-state index contributed by atoms with van der Waals surface area (Å²) in [5, 5.41) is 12.5. The molecule has 0 bridgehead atoms. The molecule has 4 nitrogen and oxygen atoms in total. The maximum atomic E-state index is 10.6. The largest absolute Gasteiger partial charge is 0.478 e. The maximum absolute atomic E-state index is 10.6. The molecule has 2 atom stereocenters. The van der Waals surface area contributed by atoms with Crippen molar-refractivity contribution in [3.63, 3.8) is 0 Å². The van der Waals surface area contributed by atoms with Crippen LogP contribution < -0.4 is 5.32 Å². The second kappa shape index (κ2) is 9.38. The van der Waals surface area contributed by atoms with Gasteiger partial charge >= 0.3 is 5.97 Å². The van der Waals surface area contributed by atoms with E-state index in [0.717, 1.165) is 37.7 Å². The van der Waals surface area contributed by atoms with Gasteiger partial charge in [-0.3, -0.25) is 4.90 Å². The van der Waals surface area contributed by atoms with Crippen molar-refractivity contribution >= 4 is 12.0 Å². The molecule has 2 fully saturated rings. The van der Waals surface area contributed by atoms with Gasteiger partial charge in [-0.15, -0.1) is 0 Å². The highest BCUT2D eigenvalue weighted by Gasteiger charge is 2.38. The number of rotatable bonds is 8. The van der Waals surface area contributed by atoms with Crippen LogP contribution in [0.2, 0.25) is 0 Å². The van der Waals surface area contributed by atoms with Crippen molar-refractivity contribution in [3.8, 4) is 0 Å². The summed E-state index contributed by atoms with van der Waals surface area (Å²) in [5.41, 5.74) is 3.69. The Morgan fingerprint density at radius 2 is 1.79 bits per heavy atom. The third-order valence-corrected chi connectivity index (χ3v) is 6.20. The van der Waals surface area contributed by atoms with E-state index in [-0.39, 0.29) is 0 Å². The second-order valence-corrected chi connectivity index (χ2v) is 8.40. The number of hydrogen-bond donors (Lipinski definition) is 2. The average Bonchev–Trinajstić information content (AvgIpc) is 3.53. The highest BCUT2D eigenvalue weighted by atomic mass is 16.4. The summed E-state index contributed by atoms with van der Waals surface area (Å²) in [6.07, 6.45) is 6.61. The van der Waals surface area contributed by atoms with Crippen LogP contribution >= 0.6 is 0 Å². The van der Waals surface area contributed by atoms with Crippen LogP contribution in [0.3, 0.4) is 0 Å². The number of likely N-dealkylation sites (tertiary alicyclic amines) is 1. The molecular formula is C25H30N2O2. The molecule has 0 radical (unpaired) electrons. The molecule has 0 amide bonds. The molecule has 1 aliphatic heterocycles. The predicted octanol–water partition coefficient (Wildman–Crippen LogP) is 4.14. The summed E-state index contributed by atoms with van der Waals surface area (Å²) in [5.74, 6) is 0.583. The summed E-state index contributed by atoms with van der Waals surface area (Å²) in [6, 6.07) is 19.7. The Morgan fingerprint density at radius 1 is 1.07 bits per heavy atom. The SMILES string of the molecule is O=C(O)/C=C/c1ccc(CN2CCC(CN[C@@H]3C[C@H]3c3ccccc3)CC2)cc1. The standard InChI is InChI=1S/C25H30N2O2/c28-25(29)11-10-19-6-8-21(9-7-19)18-27-14-12-20(13-15-27)17-26-24-16-23(24)22-4-2-1-3-5-22/h1-11,20,23-24,26H,12-18H2,(H,28,29)/b11-10+/t23-,24+/m0/s1. The summed E-state index contributed by atoms with van der Waals surface area (Å²) >= 11 is 0. The van der Waals surface area contributed by atoms with Gasteiger partial charge in [0.05, 0.1) is 0 Å². The van der Waals surface area contributed by atoms with Crippen LogP contribution in [0.25, 0.3) is 6.08 Å². The molecule has 29 heavy (non-hydrogen) atoms. The van der Waals surface area contributed by atoms with Crippen LogP contribution in [0, 0.1) is 5.92 Å². The van der Waals surface area contributed by atoms with Gasteiger partial charge in [0.1, 0.15) is 0 Å². The van der Waals surface area contributed by atoms with E-state index in [4.69, 9.17) is 5.11 Å². The lowest BCUT2D eigenvalue weighted by molar-refractivity contribution is -0.131. The first-order valence-corrected chi connectivity index (χ1v) is 10.7. The van der Waals surface area contributed by atoms with Crippen LogP contribution in [0.5, 0.6) is 0 Å². The molecule has 0 unspecified atom stereocenters. The van der Waals surface area contributed by atoms with Crippen molar-refractivity contribution in [1.29, 1.82) is 0 Å². The molecule has 2 N–H and O–H groups in total. The number of nitrogens with one attached hydrogen (secondary N) is 1. The summed E-state index contributed by atoms with van der Waals surface area (Å²) in [7, 11) is 0. The normalized spacial score (nSPS) is 22.8. The lowest BCUT2D eigenvalue weighted by Crippen LogP contribution is -2.37. The van der Waals surface area contributed by atoms with Crippen molar-refractivity contribution in [1.82, 2.24) is 10.2 Å². The van der Waals surface area contributed by atoms with E-state index in [1.54, 1.807) is 6.08 Å². The molecule has 2 aromatic carbocycles. The lowest BCUT2D eigenvalue weighted by atomic mass is 9.96. The zero-order chi connectivity index (χ0) is 20.1. The fraction of sp³-hybridized carbons (Fsp3) is 0.400. The lowest BCUT2D eigenvalue weighted by Gasteiger charge is -2.32. The minimum absolute atomic E-state index is 0.670. The summed E-state index contributed by atoms with van der Waals surface area (Å²) in [6.45, 7) is 4.42. The Kier molecular flexibility index (Phi) is 6.43. The fourth-order valence-electron chi connectivity index (χ4n) is 4.32. The van der Waals surface area contributed by atoms with Gasteiger partial charge in [-0.1, -0.05) is 54.6 Å². The summed E-state index contributed by atoms with van der Waals surface area (Å²) in [4.78, 5) is 13.1. The van der Waals surface area contributed by atoms with E-state index >= 15 is 0 Å². The number of carbonyl (C=O) groups is 1. The number of hydrogen-bond acceptors (Lipinski definition) is 3. The minimum Gasteiger partial charge on any atom is -0.478 e. The van der Waals surface area contributed by atoms with Crippen molar-refractivity contribution < 1.29 is 9.90 Å². The molecule has 152 valence electrons. The maximum Gasteiger partial charge on any atom is 0.328 e. The first-order valence-electron chi connectivity index (χ1n) is 10.7. The van der Waals surface area contributed by atoms with Crippen LogP contribution in [0.15, 0.2) is 60.7 Å². The first-order chi connectivity index (χ1) is 14.2. The Balaban J connectivity index is 1.16. The van der Waals surface area contributed by atoms with Crippen molar-refractivity contribution in [2.24, 2.45) is 5.92 Å². The average molecular weight is 391 g/mol. The van der Waals surface area contributed by atoms with Gasteiger partial charge in [-0.05, 0) is 67.6 Å². The van der Waals surface area contributed by atoms with Gasteiger partial charge in [0.2, 0.25) is 0 Å². The quantitative estimate of drug-likeness (QED) is 0.665. The van der Waals surface area contributed by atoms with Crippen molar-refractivity contribution in [3.05, 3.63) is 77.4 Å². The Labute approximate surface area is 173 Å². The van der Waals surface area contributed by atoms with Gasteiger partial charge in [-0.25, -0.2) is 4.79 Å². The van der Waals surface area contributed by atoms with E-state index in [1.165, 1.54) is 36.5 Å². The molecule has 1 heterocycles. The van der Waals surface area contributed by atoms with Crippen molar-refractivity contribution in [2.45, 2.75) is 37.8 Å². The highest BCUT2D eigenvalue weighted by Crippen LogP contribution is 2.40. The zero-order valence-electron chi connectivity index (χ0n) is 16.8. The Bertz CT molecular complexity index is 824. The molecule has 2 aromatic rings. The van der Waals surface area contributed by atoms with Crippen LogP contribution in [0.1, 0.15) is 41.9 Å².